The van der Waals surface area contributed by atoms with Crippen molar-refractivity contribution >= 4 is 21.8 Å². The van der Waals surface area contributed by atoms with E-state index >= 15 is 0 Å². The molecule has 10 rings (SSSR count). The molecule has 0 fully saturated rings. The smallest absolute Gasteiger partial charge is 0.164 e. The molecule has 57 heavy (non-hydrogen) atoms. The van der Waals surface area contributed by atoms with Crippen molar-refractivity contribution in [1.82, 2.24) is 29.5 Å². The monoisotopic (exact) mass is 732 g/mol. The summed E-state index contributed by atoms with van der Waals surface area (Å²) in [6.45, 7) is 4.29. The maximum absolute atomic E-state index is 5.35. The molecule has 10 aromatic rings. The highest BCUT2D eigenvalue weighted by molar-refractivity contribution is 6.10. The summed E-state index contributed by atoms with van der Waals surface area (Å²) >= 11 is 0. The second-order valence-electron chi connectivity index (χ2n) is 14.3. The minimum absolute atomic E-state index is 0.562. The fraction of sp³-hybridized carbons (Fsp3) is 0.0392. The summed E-state index contributed by atoms with van der Waals surface area (Å²) in [6.07, 6.45) is 0. The van der Waals surface area contributed by atoms with Gasteiger partial charge in [-0.1, -0.05) is 146 Å². The van der Waals surface area contributed by atoms with E-state index in [9.17, 15) is 0 Å². The molecule has 0 aliphatic rings. The van der Waals surface area contributed by atoms with Gasteiger partial charge >= 0.3 is 0 Å². The lowest BCUT2D eigenvalue weighted by Crippen LogP contribution is -2.04. The fourth-order valence-electron chi connectivity index (χ4n) is 7.57. The van der Waals surface area contributed by atoms with Gasteiger partial charge in [0, 0.05) is 44.2 Å². The molecule has 0 aliphatic carbocycles. The van der Waals surface area contributed by atoms with Crippen molar-refractivity contribution in [3.05, 3.63) is 193 Å². The van der Waals surface area contributed by atoms with Crippen LogP contribution in [0.3, 0.4) is 0 Å². The van der Waals surface area contributed by atoms with Crippen LogP contribution in [0.1, 0.15) is 11.1 Å². The van der Waals surface area contributed by atoms with E-state index in [4.69, 9.17) is 24.9 Å². The molecule has 0 radical (unpaired) electrons. The average molecular weight is 733 g/mol. The number of hydrogen-bond donors (Lipinski definition) is 0. The van der Waals surface area contributed by atoms with E-state index in [0.717, 1.165) is 61.5 Å². The van der Waals surface area contributed by atoms with Gasteiger partial charge in [0.2, 0.25) is 0 Å². The van der Waals surface area contributed by atoms with Crippen LogP contribution < -0.4 is 0 Å². The third-order valence-corrected chi connectivity index (χ3v) is 10.4. The largest absolute Gasteiger partial charge is 0.308 e. The first-order valence-electron chi connectivity index (χ1n) is 19.1. The van der Waals surface area contributed by atoms with Crippen LogP contribution in [0.25, 0.3) is 95.6 Å². The molecule has 7 aromatic carbocycles. The Hall–Kier alpha value is -7.57. The minimum atomic E-state index is 0.562. The molecule has 0 amide bonds. The fourth-order valence-corrected chi connectivity index (χ4v) is 7.57. The number of hydrogen-bond acceptors (Lipinski definition) is 5. The van der Waals surface area contributed by atoms with E-state index in [1.165, 1.54) is 21.9 Å². The predicted molar refractivity (Wildman–Crippen MR) is 232 cm³/mol. The van der Waals surface area contributed by atoms with Crippen molar-refractivity contribution in [3.8, 4) is 73.8 Å². The Morgan fingerprint density at radius 3 is 1.21 bits per heavy atom. The van der Waals surface area contributed by atoms with Gasteiger partial charge in [-0.25, -0.2) is 24.9 Å². The van der Waals surface area contributed by atoms with Crippen molar-refractivity contribution < 1.29 is 0 Å². The topological polar surface area (TPSA) is 69.4 Å². The van der Waals surface area contributed by atoms with Crippen LogP contribution in [0.2, 0.25) is 0 Å². The normalized spacial score (nSPS) is 11.3. The van der Waals surface area contributed by atoms with Crippen molar-refractivity contribution in [2.75, 3.05) is 0 Å². The van der Waals surface area contributed by atoms with Crippen LogP contribution in [-0.4, -0.2) is 29.5 Å². The van der Waals surface area contributed by atoms with E-state index in [1.54, 1.807) is 0 Å². The second-order valence-corrected chi connectivity index (χ2v) is 14.3. The van der Waals surface area contributed by atoms with Gasteiger partial charge in [-0.2, -0.15) is 0 Å². The van der Waals surface area contributed by atoms with Gasteiger partial charge in [0.05, 0.1) is 28.1 Å². The van der Waals surface area contributed by atoms with E-state index in [2.05, 4.69) is 103 Å². The van der Waals surface area contributed by atoms with Crippen LogP contribution in [0, 0.1) is 13.8 Å². The third-order valence-electron chi connectivity index (χ3n) is 10.4. The standard InChI is InChI=1S/C51H36N6/c1-33-23-26-40-41-27-24-34(2)30-47(41)57(46(40)29-33)45-28-25-39(50-55-48(37-19-11-5-12-20-37)54-49(56-50)38-21-13-6-14-22-38)31-42(45)51-52-43(35-15-7-3-8-16-35)32-44(53-51)36-17-9-4-10-18-36/h3-32H,1-2H3. The van der Waals surface area contributed by atoms with E-state index in [0.29, 0.717) is 23.3 Å². The molecule has 6 nitrogen and oxygen atoms in total. The van der Waals surface area contributed by atoms with Crippen LogP contribution >= 0.6 is 0 Å². The van der Waals surface area contributed by atoms with Crippen LogP contribution in [0.5, 0.6) is 0 Å². The van der Waals surface area contributed by atoms with Gasteiger partial charge in [-0.05, 0) is 61.4 Å². The Morgan fingerprint density at radius 1 is 0.333 bits per heavy atom. The van der Waals surface area contributed by atoms with Gasteiger partial charge in [-0.3, -0.25) is 0 Å². The molecule has 0 spiro atoms. The van der Waals surface area contributed by atoms with Gasteiger partial charge in [0.25, 0.3) is 0 Å². The minimum Gasteiger partial charge on any atom is -0.308 e. The Labute approximate surface area is 330 Å². The summed E-state index contributed by atoms with van der Waals surface area (Å²) < 4.78 is 2.36. The molecule has 0 N–H and O–H groups in total. The molecular weight excluding hydrogens is 697 g/mol. The molecule has 0 atom stereocenters. The quantitative estimate of drug-likeness (QED) is 0.163. The number of nitrogens with zero attached hydrogens (tertiary/aromatic N) is 6. The number of aromatic nitrogens is 6. The van der Waals surface area contributed by atoms with Crippen LogP contribution in [-0.2, 0) is 0 Å². The summed E-state index contributed by atoms with van der Waals surface area (Å²) in [5.74, 6) is 2.37. The molecule has 0 saturated heterocycles. The van der Waals surface area contributed by atoms with Crippen molar-refractivity contribution in [1.29, 1.82) is 0 Å². The highest BCUT2D eigenvalue weighted by atomic mass is 15.0. The zero-order valence-electron chi connectivity index (χ0n) is 31.5. The lowest BCUT2D eigenvalue weighted by molar-refractivity contribution is 1.07. The van der Waals surface area contributed by atoms with Gasteiger partial charge in [0.15, 0.2) is 23.3 Å². The lowest BCUT2D eigenvalue weighted by Gasteiger charge is -2.17. The first-order chi connectivity index (χ1) is 28.1. The van der Waals surface area contributed by atoms with Crippen molar-refractivity contribution in [2.24, 2.45) is 0 Å². The SMILES string of the molecule is Cc1ccc2c3ccc(C)cc3n(-c3ccc(-c4nc(-c5ccccc5)nc(-c5ccccc5)n4)cc3-c3nc(-c4ccccc4)cc(-c4ccccc4)n3)c2c1. The van der Waals surface area contributed by atoms with Crippen LogP contribution in [0.4, 0.5) is 0 Å². The lowest BCUT2D eigenvalue weighted by atomic mass is 10.0. The Kier molecular flexibility index (Phi) is 8.49. The highest BCUT2D eigenvalue weighted by Gasteiger charge is 2.21. The summed E-state index contributed by atoms with van der Waals surface area (Å²) in [6, 6.07) is 62.6. The summed E-state index contributed by atoms with van der Waals surface area (Å²) in [5.41, 5.74) is 12.8. The Balaban J connectivity index is 1.28. The van der Waals surface area contributed by atoms with E-state index in [-0.39, 0.29) is 0 Å². The average Bonchev–Trinajstić information content (AvgIpc) is 3.59. The van der Waals surface area contributed by atoms with Gasteiger partial charge < -0.3 is 4.57 Å². The molecule has 270 valence electrons. The zero-order valence-corrected chi connectivity index (χ0v) is 31.5. The maximum atomic E-state index is 5.35. The molecule has 3 heterocycles. The highest BCUT2D eigenvalue weighted by Crippen LogP contribution is 2.39. The molecule has 0 bridgehead atoms. The number of rotatable bonds is 7. The number of aryl methyl sites for hydroxylation is 2. The maximum Gasteiger partial charge on any atom is 0.164 e. The Morgan fingerprint density at radius 2 is 0.754 bits per heavy atom. The molecule has 3 aromatic heterocycles. The van der Waals surface area contributed by atoms with E-state index in [1.807, 2.05) is 97.1 Å². The van der Waals surface area contributed by atoms with Crippen molar-refractivity contribution in [3.63, 3.8) is 0 Å². The summed E-state index contributed by atoms with van der Waals surface area (Å²) in [4.78, 5) is 25.9. The van der Waals surface area contributed by atoms with Crippen LogP contribution in [0.15, 0.2) is 182 Å². The first-order valence-corrected chi connectivity index (χ1v) is 19.1. The Bertz CT molecular complexity index is 2890. The number of benzene rings is 7. The summed E-state index contributed by atoms with van der Waals surface area (Å²) in [5, 5.41) is 2.37. The second kappa shape index (κ2) is 14.3. The van der Waals surface area contributed by atoms with Gasteiger partial charge in [-0.15, -0.1) is 0 Å². The summed E-state index contributed by atoms with van der Waals surface area (Å²) in [7, 11) is 0. The molecular formula is C51H36N6. The third kappa shape index (κ3) is 6.43. The molecule has 0 aliphatic heterocycles. The predicted octanol–water partition coefficient (Wildman–Crippen LogP) is 12.4. The van der Waals surface area contributed by atoms with Crippen molar-refractivity contribution in [2.45, 2.75) is 13.8 Å². The zero-order chi connectivity index (χ0) is 38.3. The molecule has 0 unspecified atom stereocenters. The first kappa shape index (κ1) is 34.0. The molecule has 6 heteroatoms. The van der Waals surface area contributed by atoms with Gasteiger partial charge in [0.1, 0.15) is 0 Å². The molecule has 0 saturated carbocycles. The number of fused-ring (bicyclic) bond motifs is 3. The van der Waals surface area contributed by atoms with E-state index < -0.39 is 0 Å².